The lowest BCUT2D eigenvalue weighted by atomic mass is 9.62. The Kier molecular flexibility index (Phi) is 13.6. The molecule has 0 aromatic rings. The van der Waals surface area contributed by atoms with Crippen molar-refractivity contribution in [2.45, 2.75) is 95.1 Å². The maximum atomic E-state index is 12.3. The zero-order valence-corrected chi connectivity index (χ0v) is 29.4. The minimum absolute atomic E-state index is 0.0421. The van der Waals surface area contributed by atoms with Gasteiger partial charge in [0.25, 0.3) is 0 Å². The van der Waals surface area contributed by atoms with Gasteiger partial charge < -0.3 is 5.11 Å². The maximum absolute atomic E-state index is 12.3. The number of allylic oxidation sites excluding steroid dienone is 21. The fraction of sp³-hybridized carbons (Fsp3) is 0.452. The van der Waals surface area contributed by atoms with Gasteiger partial charge in [-0.3, -0.25) is 4.79 Å². The molecule has 0 bridgehead atoms. The number of aliphatic hydroxyl groups is 1. The van der Waals surface area contributed by atoms with E-state index in [0.717, 1.165) is 17.6 Å². The topological polar surface area (TPSA) is 37.3 Å². The molecule has 0 heterocycles. The highest BCUT2D eigenvalue weighted by atomic mass is 16.3. The van der Waals surface area contributed by atoms with Crippen molar-refractivity contribution >= 4 is 5.78 Å². The quantitative estimate of drug-likeness (QED) is 0.255. The Labute approximate surface area is 269 Å². The number of hydrogen-bond donors (Lipinski definition) is 1. The van der Waals surface area contributed by atoms with E-state index in [1.54, 1.807) is 0 Å². The Bertz CT molecular complexity index is 1370. The van der Waals surface area contributed by atoms with Crippen molar-refractivity contribution in [3.8, 4) is 0 Å². The van der Waals surface area contributed by atoms with E-state index in [1.807, 2.05) is 6.92 Å². The zero-order chi connectivity index (χ0) is 33.2. The van der Waals surface area contributed by atoms with E-state index in [4.69, 9.17) is 0 Å². The van der Waals surface area contributed by atoms with Gasteiger partial charge >= 0.3 is 0 Å². The van der Waals surface area contributed by atoms with Crippen molar-refractivity contribution in [2.75, 3.05) is 0 Å². The second-order valence-electron chi connectivity index (χ2n) is 14.4. The molecule has 4 unspecified atom stereocenters. The molecule has 1 saturated carbocycles. The molecule has 0 spiro atoms. The molecule has 1 fully saturated rings. The molecule has 2 aliphatic carbocycles. The second kappa shape index (κ2) is 16.2. The van der Waals surface area contributed by atoms with Crippen molar-refractivity contribution in [3.63, 3.8) is 0 Å². The molecule has 44 heavy (non-hydrogen) atoms. The summed E-state index contributed by atoms with van der Waals surface area (Å²) in [6, 6.07) is 0. The normalized spacial score (nSPS) is 27.8. The number of hydrogen-bond acceptors (Lipinski definition) is 2. The van der Waals surface area contributed by atoms with Crippen LogP contribution >= 0.6 is 0 Å². The molecule has 4 atom stereocenters. The van der Waals surface area contributed by atoms with Crippen molar-refractivity contribution in [1.29, 1.82) is 0 Å². The van der Waals surface area contributed by atoms with Crippen LogP contribution in [0, 0.1) is 28.6 Å². The Morgan fingerprint density at radius 3 is 1.80 bits per heavy atom. The van der Waals surface area contributed by atoms with Gasteiger partial charge in [0.15, 0.2) is 5.78 Å². The first-order valence-corrected chi connectivity index (χ1v) is 16.2. The molecule has 238 valence electrons. The molecule has 2 rings (SSSR count). The van der Waals surface area contributed by atoms with E-state index in [9.17, 15) is 9.90 Å². The molecule has 2 nitrogen and oxygen atoms in total. The fourth-order valence-corrected chi connectivity index (χ4v) is 6.53. The molecule has 0 aromatic heterocycles. The summed E-state index contributed by atoms with van der Waals surface area (Å²) in [7, 11) is 0. The monoisotopic (exact) mass is 594 g/mol. The van der Waals surface area contributed by atoms with E-state index >= 15 is 0 Å². The van der Waals surface area contributed by atoms with E-state index in [-0.39, 0.29) is 28.4 Å². The van der Waals surface area contributed by atoms with E-state index in [0.29, 0.717) is 12.3 Å². The number of carbonyl (C=O) groups excluding carboxylic acids is 1. The molecule has 0 amide bonds. The van der Waals surface area contributed by atoms with Gasteiger partial charge in [-0.2, -0.15) is 0 Å². The van der Waals surface area contributed by atoms with Crippen LogP contribution in [0.5, 0.6) is 0 Å². The maximum Gasteiger partial charge on any atom is 0.164 e. The first kappa shape index (κ1) is 37.0. The molecule has 2 aliphatic rings. The molecule has 0 saturated heterocycles. The highest BCUT2D eigenvalue weighted by Crippen LogP contribution is 2.46. The lowest BCUT2D eigenvalue weighted by molar-refractivity contribution is -0.140. The number of carbonyl (C=O) groups is 1. The molecule has 0 radical (unpaired) electrons. The Morgan fingerprint density at radius 2 is 1.25 bits per heavy atom. The van der Waals surface area contributed by atoms with Crippen molar-refractivity contribution in [2.24, 2.45) is 28.6 Å². The third-order valence-electron chi connectivity index (χ3n) is 9.31. The van der Waals surface area contributed by atoms with Crippen LogP contribution < -0.4 is 0 Å². The van der Waals surface area contributed by atoms with Gasteiger partial charge in [0.1, 0.15) is 6.10 Å². The summed E-state index contributed by atoms with van der Waals surface area (Å²) >= 11 is 0. The van der Waals surface area contributed by atoms with E-state index in [1.165, 1.54) is 27.9 Å². The third-order valence-corrected chi connectivity index (χ3v) is 9.31. The molecular formula is C42H58O2. The molecular weight excluding hydrogens is 536 g/mol. The predicted octanol–water partition coefficient (Wildman–Crippen LogP) is 11.1. The molecule has 0 aliphatic heterocycles. The van der Waals surface area contributed by atoms with Gasteiger partial charge in [0, 0.05) is 5.92 Å². The highest BCUT2D eigenvalue weighted by molar-refractivity contribution is 5.86. The zero-order valence-electron chi connectivity index (χ0n) is 29.4. The first-order valence-electron chi connectivity index (χ1n) is 16.2. The van der Waals surface area contributed by atoms with Gasteiger partial charge in [-0.15, -0.1) is 0 Å². The minimum atomic E-state index is -0.837. The van der Waals surface area contributed by atoms with Crippen molar-refractivity contribution in [3.05, 3.63) is 131 Å². The average Bonchev–Trinajstić information content (AvgIpc) is 2.92. The first-order chi connectivity index (χ1) is 20.5. The van der Waals surface area contributed by atoms with E-state index in [2.05, 4.69) is 161 Å². The van der Waals surface area contributed by atoms with Crippen LogP contribution in [0.2, 0.25) is 0 Å². The summed E-state index contributed by atoms with van der Waals surface area (Å²) in [5, 5.41) is 10.1. The standard InChI is InChI=1S/C42H58O2/c1-29(19-15-21-31(3)23-25-37-35(7)34(6)33(5)27-41(37,9)10)17-13-14-18-30(2)20-16-22-32(4)24-26-38-36(8)40(44)39(43)28-42(38,11)12/h13-26,33,36,38-39,43H,6,27-28H2,1-5,7-12H3/b14-13+,19-15+,20-16+,25-23+,26-24+,29-17+,30-18+,31-21+,32-22+. The Balaban J connectivity index is 1.93. The smallest absolute Gasteiger partial charge is 0.164 e. The summed E-state index contributed by atoms with van der Waals surface area (Å²) in [5.74, 6) is 0.442. The Hall–Kier alpha value is -3.23. The van der Waals surface area contributed by atoms with Crippen LogP contribution in [0.3, 0.4) is 0 Å². The van der Waals surface area contributed by atoms with Crippen LogP contribution in [0.4, 0.5) is 0 Å². The van der Waals surface area contributed by atoms with Crippen LogP contribution in [-0.2, 0) is 4.79 Å². The predicted molar refractivity (Wildman–Crippen MR) is 192 cm³/mol. The van der Waals surface area contributed by atoms with Crippen LogP contribution in [0.15, 0.2) is 131 Å². The summed E-state index contributed by atoms with van der Waals surface area (Å²) in [5.41, 5.74) is 8.76. The third kappa shape index (κ3) is 10.7. The average molecular weight is 595 g/mol. The SMILES string of the molecule is C=C1C(C)=C(/C=C/C(C)=C/C=C/C(C)=C/C=C/C=C(C)/C=C/C=C(C)/C=C/C2C(C)C(=O)C(O)CC2(C)C)C(C)(C)CC1C. The van der Waals surface area contributed by atoms with Crippen LogP contribution in [0.25, 0.3) is 0 Å². The lowest BCUT2D eigenvalue weighted by Gasteiger charge is -2.42. The summed E-state index contributed by atoms with van der Waals surface area (Å²) in [4.78, 5) is 12.3. The molecule has 1 N–H and O–H groups in total. The van der Waals surface area contributed by atoms with Gasteiger partial charge in [0.2, 0.25) is 0 Å². The fourth-order valence-electron chi connectivity index (χ4n) is 6.53. The van der Waals surface area contributed by atoms with E-state index < -0.39 is 6.10 Å². The molecule has 2 heteroatoms. The largest absolute Gasteiger partial charge is 0.385 e. The lowest BCUT2D eigenvalue weighted by Crippen LogP contribution is -2.45. The van der Waals surface area contributed by atoms with Crippen LogP contribution in [0.1, 0.15) is 89.0 Å². The minimum Gasteiger partial charge on any atom is -0.385 e. The van der Waals surface area contributed by atoms with Gasteiger partial charge in [-0.1, -0.05) is 155 Å². The number of aliphatic hydroxyl groups excluding tert-OH is 1. The number of ketones is 1. The van der Waals surface area contributed by atoms with Crippen molar-refractivity contribution in [1.82, 2.24) is 0 Å². The summed E-state index contributed by atoms with van der Waals surface area (Å²) in [6.45, 7) is 28.1. The van der Waals surface area contributed by atoms with Crippen molar-refractivity contribution < 1.29 is 9.90 Å². The second-order valence-corrected chi connectivity index (χ2v) is 14.4. The van der Waals surface area contributed by atoms with Gasteiger partial charge in [-0.05, 0) is 86.8 Å². The van der Waals surface area contributed by atoms with Gasteiger partial charge in [0.05, 0.1) is 0 Å². The summed E-state index contributed by atoms with van der Waals surface area (Å²) < 4.78 is 0. The van der Waals surface area contributed by atoms with Gasteiger partial charge in [-0.25, -0.2) is 0 Å². The number of rotatable bonds is 10. The summed E-state index contributed by atoms with van der Waals surface area (Å²) in [6.07, 6.45) is 30.5. The number of Topliss-reactive ketones (excluding diaryl/α,β-unsaturated/α-hetero) is 1. The van der Waals surface area contributed by atoms with Crippen LogP contribution in [-0.4, -0.2) is 17.0 Å². The Morgan fingerprint density at radius 1 is 0.773 bits per heavy atom. The molecule has 0 aromatic carbocycles. The highest BCUT2D eigenvalue weighted by Gasteiger charge is 2.44.